The van der Waals surface area contributed by atoms with E-state index in [1.165, 1.54) is 128 Å². The summed E-state index contributed by atoms with van der Waals surface area (Å²) in [5.74, 6) is -1.55. The van der Waals surface area contributed by atoms with Gasteiger partial charge in [-0.15, -0.1) is 0 Å². The molecule has 0 saturated heterocycles. The predicted octanol–water partition coefficient (Wildman–Crippen LogP) is 22.3. The summed E-state index contributed by atoms with van der Waals surface area (Å²) in [6, 6.07) is 0. The number of aliphatic hydroxyl groups excluding tert-OH is 1. The van der Waals surface area contributed by atoms with Crippen molar-refractivity contribution < 1.29 is 80.2 Å². The summed E-state index contributed by atoms with van der Waals surface area (Å²) in [5, 5.41) is 10.6. The number of aliphatic hydroxyl groups is 1. The van der Waals surface area contributed by atoms with Crippen molar-refractivity contribution in [1.29, 1.82) is 0 Å². The summed E-state index contributed by atoms with van der Waals surface area (Å²) < 4.78 is 69.2. The van der Waals surface area contributed by atoms with Gasteiger partial charge in [0.15, 0.2) is 6.10 Å². The first-order valence-corrected chi connectivity index (χ1v) is 42.5. The lowest BCUT2D eigenvalue weighted by atomic mass is 10.0. The Morgan fingerprint density at radius 3 is 0.969 bits per heavy atom. The summed E-state index contributed by atoms with van der Waals surface area (Å²) in [7, 11) is -9.83. The van der Waals surface area contributed by atoms with Crippen LogP contribution in [0.1, 0.15) is 355 Å². The summed E-state index contributed by atoms with van der Waals surface area (Å²) in [6.07, 6.45) is 72.4. The minimum absolute atomic E-state index is 0.0734. The zero-order valence-electron chi connectivity index (χ0n) is 62.3. The lowest BCUT2D eigenvalue weighted by molar-refractivity contribution is -0.161. The molecule has 5 atom stereocenters. The maximum absolute atomic E-state index is 13.1. The zero-order chi connectivity index (χ0) is 71.6. The molecule has 0 aliphatic carbocycles. The molecule has 572 valence electrons. The minimum atomic E-state index is -4.95. The molecule has 0 saturated carbocycles. The van der Waals surface area contributed by atoms with Gasteiger partial charge in [-0.2, -0.15) is 0 Å². The van der Waals surface area contributed by atoms with E-state index in [0.29, 0.717) is 32.3 Å². The van der Waals surface area contributed by atoms with Crippen molar-refractivity contribution in [2.24, 2.45) is 0 Å². The van der Waals surface area contributed by atoms with Gasteiger partial charge in [0.25, 0.3) is 0 Å². The van der Waals surface area contributed by atoms with E-state index in [9.17, 15) is 43.2 Å². The van der Waals surface area contributed by atoms with Gasteiger partial charge in [0.1, 0.15) is 25.1 Å². The normalized spacial score (nSPS) is 14.3. The number of carbonyl (C=O) groups excluding carboxylic acids is 4. The number of hydrogen-bond donors (Lipinski definition) is 3. The molecule has 19 heteroatoms. The molecular weight excluding hydrogens is 1280 g/mol. The molecule has 0 spiro atoms. The van der Waals surface area contributed by atoms with Crippen LogP contribution >= 0.6 is 15.6 Å². The molecule has 0 aromatic carbocycles. The average molecular weight is 1430 g/mol. The number of aldehydes is 1. The molecule has 0 amide bonds. The first-order valence-electron chi connectivity index (χ1n) is 39.5. The van der Waals surface area contributed by atoms with E-state index in [4.69, 9.17) is 37.0 Å². The van der Waals surface area contributed by atoms with E-state index in [-0.39, 0.29) is 25.9 Å². The van der Waals surface area contributed by atoms with Crippen LogP contribution < -0.4 is 0 Å². The number of unbranched alkanes of at least 4 members (excludes halogenated alkanes) is 40. The maximum Gasteiger partial charge on any atom is 0.472 e. The van der Waals surface area contributed by atoms with E-state index < -0.39 is 84.9 Å². The highest BCUT2D eigenvalue weighted by atomic mass is 31.2. The number of hydrogen-bond acceptors (Lipinski definition) is 15. The number of allylic oxidation sites excluding steroid dienone is 10. The molecule has 2 unspecified atom stereocenters. The Balaban J connectivity index is 5.27. The Labute approximate surface area is 597 Å². The van der Waals surface area contributed by atoms with Gasteiger partial charge in [-0.1, -0.05) is 268 Å². The Bertz CT molecular complexity index is 2060. The summed E-state index contributed by atoms with van der Waals surface area (Å²) in [6.45, 7) is 3.63. The van der Waals surface area contributed by atoms with Gasteiger partial charge in [-0.25, -0.2) is 9.13 Å². The summed E-state index contributed by atoms with van der Waals surface area (Å²) >= 11 is 0. The first kappa shape index (κ1) is 94.9. The van der Waals surface area contributed by atoms with E-state index in [1.807, 2.05) is 0 Å². The molecule has 0 aliphatic rings. The smallest absolute Gasteiger partial charge is 0.462 e. The third kappa shape index (κ3) is 72.7. The molecule has 17 nitrogen and oxygen atoms in total. The van der Waals surface area contributed by atoms with Crippen molar-refractivity contribution in [3.05, 3.63) is 60.8 Å². The molecule has 0 fully saturated rings. The highest BCUT2D eigenvalue weighted by Gasteiger charge is 2.30. The molecule has 0 rings (SSSR count). The molecule has 0 bridgehead atoms. The second-order valence-corrected chi connectivity index (χ2v) is 29.5. The Hall–Kier alpha value is -3.08. The number of esters is 3. The van der Waals surface area contributed by atoms with Gasteiger partial charge in [0, 0.05) is 32.3 Å². The monoisotopic (exact) mass is 1430 g/mol. The fourth-order valence-corrected chi connectivity index (χ4v) is 12.5. The summed E-state index contributed by atoms with van der Waals surface area (Å²) in [5.41, 5.74) is 0. The molecule has 0 aliphatic heterocycles. The minimum Gasteiger partial charge on any atom is -0.462 e. The third-order valence-corrected chi connectivity index (χ3v) is 18.9. The lowest BCUT2D eigenvalue weighted by Crippen LogP contribution is -2.30. The second kappa shape index (κ2) is 73.7. The van der Waals surface area contributed by atoms with Gasteiger partial charge < -0.3 is 38.6 Å². The number of rotatable bonds is 77. The number of phosphoric ester groups is 2. The highest BCUT2D eigenvalue weighted by Crippen LogP contribution is 2.45. The third-order valence-electron chi connectivity index (χ3n) is 17.0. The van der Waals surface area contributed by atoms with Crippen LogP contribution in [0.2, 0.25) is 0 Å². The van der Waals surface area contributed by atoms with Gasteiger partial charge in [-0.3, -0.25) is 32.5 Å². The Kier molecular flexibility index (Phi) is 71.3. The molecule has 98 heavy (non-hydrogen) atoms. The van der Waals surface area contributed by atoms with Gasteiger partial charge >= 0.3 is 33.6 Å². The van der Waals surface area contributed by atoms with Crippen molar-refractivity contribution in [2.45, 2.75) is 373 Å². The lowest BCUT2D eigenvalue weighted by Gasteiger charge is -2.21. The van der Waals surface area contributed by atoms with Crippen LogP contribution in [-0.4, -0.2) is 104 Å². The fraction of sp³-hybridized carbons (Fsp3) is 0.823. The molecule has 0 aromatic heterocycles. The number of phosphoric acid groups is 2. The van der Waals surface area contributed by atoms with Gasteiger partial charge in [0.05, 0.1) is 33.0 Å². The van der Waals surface area contributed by atoms with E-state index in [1.54, 1.807) is 0 Å². The van der Waals surface area contributed by atoms with Crippen LogP contribution in [0.15, 0.2) is 60.8 Å². The molecule has 0 radical (unpaired) electrons. The molecular formula is C79H144O17P2. The molecule has 0 aromatic rings. The van der Waals surface area contributed by atoms with Crippen molar-refractivity contribution >= 4 is 39.8 Å². The van der Waals surface area contributed by atoms with Crippen molar-refractivity contribution in [3.63, 3.8) is 0 Å². The van der Waals surface area contributed by atoms with Crippen molar-refractivity contribution in [1.82, 2.24) is 0 Å². The predicted molar refractivity (Wildman–Crippen MR) is 400 cm³/mol. The van der Waals surface area contributed by atoms with Crippen molar-refractivity contribution in [2.75, 3.05) is 46.2 Å². The highest BCUT2D eigenvalue weighted by molar-refractivity contribution is 7.47. The topological polar surface area (TPSA) is 237 Å². The van der Waals surface area contributed by atoms with E-state index in [2.05, 4.69) is 81.5 Å². The van der Waals surface area contributed by atoms with Crippen molar-refractivity contribution in [3.8, 4) is 0 Å². The molecule has 0 heterocycles. The SMILES string of the molecule is CCCCC/C=C\C/C=C\CCCCCCCC(=O)OC[C@H](COP(=O)(O)OC[C@H](O)COP(=O)(O)OC[C@@H](COCCCCCCCCC/C=C\CCCCCCC=O)OC(=O)CCCCCCCCCCCCCCC)OC(=O)CCCCCCC/C=C\C/C=C\CCCCC. The van der Waals surface area contributed by atoms with Gasteiger partial charge in [0.2, 0.25) is 0 Å². The van der Waals surface area contributed by atoms with Gasteiger partial charge in [-0.05, 0) is 122 Å². The Morgan fingerprint density at radius 1 is 0.327 bits per heavy atom. The largest absolute Gasteiger partial charge is 0.472 e. The standard InChI is InChI=1S/C79H144O17P2/c1-4-7-10-13-16-19-22-25-29-34-38-43-48-53-58-63-77(82)90-71-76(96-79(84)65-60-55-50-45-40-35-30-26-23-20-17-14-11-8-5-2)73-94-98(87,88)92-69-74(81)68-91-97(85,86)93-72-75(95-78(83)64-59-54-49-44-39-33-24-21-18-15-12-9-6-3)70-89-67-62-57-52-47-42-37-32-28-27-31-36-41-46-51-56-61-66-80/h16-17,19-20,25-27,29-31,66,74-76,81H,4-15,18,21-24,28,32-65,67-73H2,1-3H3,(H,85,86)(H,87,88)/b19-16-,20-17-,29-25-,30-26-,31-27-/t74-,75-,76-/m1/s1. The first-order chi connectivity index (χ1) is 47.8. The zero-order valence-corrected chi connectivity index (χ0v) is 64.0. The van der Waals surface area contributed by atoms with E-state index >= 15 is 0 Å². The fourth-order valence-electron chi connectivity index (χ4n) is 10.9. The van der Waals surface area contributed by atoms with Crippen LogP contribution in [0.3, 0.4) is 0 Å². The van der Waals surface area contributed by atoms with Crippen LogP contribution in [0, 0.1) is 0 Å². The average Bonchev–Trinajstić information content (AvgIpc) is 1.12. The van der Waals surface area contributed by atoms with Crippen LogP contribution in [0.4, 0.5) is 0 Å². The second-order valence-electron chi connectivity index (χ2n) is 26.6. The van der Waals surface area contributed by atoms with Crippen LogP contribution in [0.25, 0.3) is 0 Å². The van der Waals surface area contributed by atoms with Crippen LogP contribution in [-0.2, 0) is 65.4 Å². The maximum atomic E-state index is 13.1. The van der Waals surface area contributed by atoms with E-state index in [0.717, 1.165) is 167 Å². The van der Waals surface area contributed by atoms with Crippen LogP contribution in [0.5, 0.6) is 0 Å². The molecule has 3 N–H and O–H groups in total. The number of carbonyl (C=O) groups is 4. The summed E-state index contributed by atoms with van der Waals surface area (Å²) in [4.78, 5) is 70.6. The quantitative estimate of drug-likeness (QED) is 0.0128. The number of ether oxygens (including phenoxy) is 4. The Morgan fingerprint density at radius 2 is 0.602 bits per heavy atom.